The third-order valence-electron chi connectivity index (χ3n) is 4.60. The van der Waals surface area contributed by atoms with Gasteiger partial charge < -0.3 is 10.1 Å². The molecule has 1 heterocycles. The molecule has 1 N–H and O–H groups in total. The quantitative estimate of drug-likeness (QED) is 0.446. The number of aromatic nitrogens is 1. The van der Waals surface area contributed by atoms with E-state index < -0.39 is 10.0 Å². The molecular formula is C22H24ClN3O4S2. The number of carbonyl (C=O) groups excluding carboxylic acids is 1. The van der Waals surface area contributed by atoms with Crippen molar-refractivity contribution in [3.05, 3.63) is 69.6 Å². The Morgan fingerprint density at radius 1 is 1.09 bits per heavy atom. The zero-order chi connectivity index (χ0) is 23.1. The molecule has 0 saturated heterocycles. The lowest BCUT2D eigenvalue weighted by Crippen LogP contribution is -2.30. The number of nitrogens with one attached hydrogen (secondary N) is 1. The molecule has 0 aliphatic rings. The Kier molecular flexibility index (Phi) is 8.25. The lowest BCUT2D eigenvalue weighted by Gasteiger charge is -2.18. The second kappa shape index (κ2) is 10.9. The SMILES string of the molecule is CCN(CC)S(=O)(=O)c1ccc(NC(=O)Cc2csc(COc3ccc(Cl)cc3)n2)cc1. The molecule has 0 radical (unpaired) electrons. The number of rotatable bonds is 10. The summed E-state index contributed by atoms with van der Waals surface area (Å²) in [5, 5.41) is 5.99. The van der Waals surface area contributed by atoms with Crippen molar-refractivity contribution in [1.82, 2.24) is 9.29 Å². The van der Waals surface area contributed by atoms with Crippen LogP contribution in [-0.4, -0.2) is 36.7 Å². The third kappa shape index (κ3) is 6.29. The van der Waals surface area contributed by atoms with Crippen LogP contribution in [0.5, 0.6) is 5.75 Å². The number of nitrogens with zero attached hydrogens (tertiary/aromatic N) is 2. The van der Waals surface area contributed by atoms with Crippen molar-refractivity contribution in [2.24, 2.45) is 0 Å². The number of amides is 1. The summed E-state index contributed by atoms with van der Waals surface area (Å²) in [7, 11) is -3.53. The molecule has 3 aromatic rings. The third-order valence-corrected chi connectivity index (χ3v) is 7.79. The lowest BCUT2D eigenvalue weighted by atomic mass is 10.3. The number of hydrogen-bond donors (Lipinski definition) is 1. The van der Waals surface area contributed by atoms with E-state index in [1.54, 1.807) is 50.2 Å². The molecule has 32 heavy (non-hydrogen) atoms. The van der Waals surface area contributed by atoms with Gasteiger partial charge in [-0.25, -0.2) is 13.4 Å². The molecule has 0 aliphatic heterocycles. The van der Waals surface area contributed by atoms with E-state index in [9.17, 15) is 13.2 Å². The predicted molar refractivity (Wildman–Crippen MR) is 127 cm³/mol. The van der Waals surface area contributed by atoms with Gasteiger partial charge in [-0.3, -0.25) is 4.79 Å². The summed E-state index contributed by atoms with van der Waals surface area (Å²) in [6.45, 7) is 4.69. The standard InChI is InChI=1S/C22H24ClN3O4S2/c1-3-26(4-2)32(28,29)20-11-7-17(8-12-20)24-21(27)13-18-15-31-22(25-18)14-30-19-9-5-16(23)6-10-19/h5-12,15H,3-4,13-14H2,1-2H3,(H,24,27). The molecule has 0 fully saturated rings. The fraction of sp³-hybridized carbons (Fsp3) is 0.273. The molecular weight excluding hydrogens is 470 g/mol. The number of thiazole rings is 1. The first kappa shape index (κ1) is 24.2. The van der Waals surface area contributed by atoms with Gasteiger partial charge in [0.15, 0.2) is 0 Å². The van der Waals surface area contributed by atoms with Crippen molar-refractivity contribution in [2.45, 2.75) is 31.8 Å². The van der Waals surface area contributed by atoms with E-state index in [1.807, 2.05) is 5.38 Å². The average Bonchev–Trinajstić information content (AvgIpc) is 3.21. The van der Waals surface area contributed by atoms with E-state index in [0.29, 0.717) is 41.8 Å². The molecule has 1 aromatic heterocycles. The molecule has 1 amide bonds. The molecule has 3 rings (SSSR count). The van der Waals surface area contributed by atoms with E-state index >= 15 is 0 Å². The smallest absolute Gasteiger partial charge is 0.243 e. The Morgan fingerprint density at radius 3 is 2.38 bits per heavy atom. The molecule has 2 aromatic carbocycles. The second-order valence-electron chi connectivity index (χ2n) is 6.81. The summed E-state index contributed by atoms with van der Waals surface area (Å²) in [5.74, 6) is 0.454. The summed E-state index contributed by atoms with van der Waals surface area (Å²) < 4.78 is 32.1. The number of ether oxygens (including phenoxy) is 1. The minimum absolute atomic E-state index is 0.108. The zero-order valence-electron chi connectivity index (χ0n) is 17.7. The van der Waals surface area contributed by atoms with Crippen LogP contribution in [0.25, 0.3) is 0 Å². The van der Waals surface area contributed by atoms with Crippen LogP contribution in [0.1, 0.15) is 24.5 Å². The topological polar surface area (TPSA) is 88.6 Å². The van der Waals surface area contributed by atoms with Crippen molar-refractivity contribution in [2.75, 3.05) is 18.4 Å². The van der Waals surface area contributed by atoms with E-state index in [4.69, 9.17) is 16.3 Å². The van der Waals surface area contributed by atoms with E-state index in [2.05, 4.69) is 10.3 Å². The Morgan fingerprint density at radius 2 is 1.75 bits per heavy atom. The fourth-order valence-corrected chi connectivity index (χ4v) is 5.25. The first-order chi connectivity index (χ1) is 15.3. The van der Waals surface area contributed by atoms with Crippen LogP contribution < -0.4 is 10.1 Å². The van der Waals surface area contributed by atoms with Crippen LogP contribution in [0.4, 0.5) is 5.69 Å². The Bertz CT molecular complexity index is 1140. The molecule has 10 heteroatoms. The van der Waals surface area contributed by atoms with Crippen LogP contribution in [0.3, 0.4) is 0 Å². The van der Waals surface area contributed by atoms with Gasteiger partial charge in [0.25, 0.3) is 0 Å². The number of halogens is 1. The van der Waals surface area contributed by atoms with Crippen LogP contribution in [0.15, 0.2) is 58.8 Å². The highest BCUT2D eigenvalue weighted by Gasteiger charge is 2.21. The Hall–Kier alpha value is -2.46. The summed E-state index contributed by atoms with van der Waals surface area (Å²) in [4.78, 5) is 17.0. The molecule has 0 unspecified atom stereocenters. The van der Waals surface area contributed by atoms with Crippen molar-refractivity contribution >= 4 is 44.6 Å². The molecule has 0 saturated carbocycles. The maximum Gasteiger partial charge on any atom is 0.243 e. The van der Waals surface area contributed by atoms with Gasteiger partial charge in [-0.15, -0.1) is 11.3 Å². The summed E-state index contributed by atoms with van der Waals surface area (Å²) >= 11 is 7.28. The maximum atomic E-state index is 12.5. The number of hydrogen-bond acceptors (Lipinski definition) is 6. The van der Waals surface area contributed by atoms with Gasteiger partial charge in [0.2, 0.25) is 15.9 Å². The highest BCUT2D eigenvalue weighted by molar-refractivity contribution is 7.89. The lowest BCUT2D eigenvalue weighted by molar-refractivity contribution is -0.115. The Balaban J connectivity index is 1.54. The normalized spacial score (nSPS) is 11.5. The Labute approximate surface area is 197 Å². The average molecular weight is 494 g/mol. The van der Waals surface area contributed by atoms with Gasteiger partial charge in [0, 0.05) is 29.2 Å². The molecule has 170 valence electrons. The minimum atomic E-state index is -3.53. The van der Waals surface area contributed by atoms with Crippen LogP contribution in [-0.2, 0) is 27.8 Å². The molecule has 0 spiro atoms. The second-order valence-corrected chi connectivity index (χ2v) is 10.1. The largest absolute Gasteiger partial charge is 0.486 e. The van der Waals surface area contributed by atoms with Gasteiger partial charge in [-0.2, -0.15) is 4.31 Å². The highest BCUT2D eigenvalue weighted by Crippen LogP contribution is 2.20. The van der Waals surface area contributed by atoms with Crippen molar-refractivity contribution in [3.8, 4) is 5.75 Å². The number of benzene rings is 2. The van der Waals surface area contributed by atoms with Crippen molar-refractivity contribution in [3.63, 3.8) is 0 Å². The first-order valence-electron chi connectivity index (χ1n) is 10.0. The van der Waals surface area contributed by atoms with E-state index in [1.165, 1.54) is 27.8 Å². The number of sulfonamides is 1. The van der Waals surface area contributed by atoms with Gasteiger partial charge in [-0.05, 0) is 48.5 Å². The fourth-order valence-electron chi connectivity index (χ4n) is 2.96. The summed E-state index contributed by atoms with van der Waals surface area (Å²) in [6.07, 6.45) is 0.108. The summed E-state index contributed by atoms with van der Waals surface area (Å²) in [5.41, 5.74) is 1.16. The van der Waals surface area contributed by atoms with Gasteiger partial charge >= 0.3 is 0 Å². The molecule has 0 bridgehead atoms. The highest BCUT2D eigenvalue weighted by atomic mass is 35.5. The molecule has 0 aliphatic carbocycles. The monoisotopic (exact) mass is 493 g/mol. The van der Waals surface area contributed by atoms with Crippen molar-refractivity contribution < 1.29 is 17.9 Å². The maximum absolute atomic E-state index is 12.5. The minimum Gasteiger partial charge on any atom is -0.486 e. The van der Waals surface area contributed by atoms with Crippen LogP contribution >= 0.6 is 22.9 Å². The van der Waals surface area contributed by atoms with Gasteiger partial charge in [0.1, 0.15) is 17.4 Å². The number of anilines is 1. The summed E-state index contributed by atoms with van der Waals surface area (Å²) in [6, 6.07) is 13.2. The van der Waals surface area contributed by atoms with Gasteiger partial charge in [0.05, 0.1) is 17.0 Å². The number of carbonyl (C=O) groups is 1. The first-order valence-corrected chi connectivity index (χ1v) is 12.7. The van der Waals surface area contributed by atoms with Crippen molar-refractivity contribution in [1.29, 1.82) is 0 Å². The predicted octanol–water partition coefficient (Wildman–Crippen LogP) is 4.59. The van der Waals surface area contributed by atoms with Crippen LogP contribution in [0, 0.1) is 0 Å². The zero-order valence-corrected chi connectivity index (χ0v) is 20.1. The van der Waals surface area contributed by atoms with E-state index in [0.717, 1.165) is 5.01 Å². The molecule has 0 atom stereocenters. The molecule has 7 nitrogen and oxygen atoms in total. The van der Waals surface area contributed by atoms with Gasteiger partial charge in [-0.1, -0.05) is 25.4 Å². The van der Waals surface area contributed by atoms with Crippen LogP contribution in [0.2, 0.25) is 5.02 Å². The van der Waals surface area contributed by atoms with E-state index in [-0.39, 0.29) is 17.2 Å².